The number of amidine groups is 1. The Labute approximate surface area is 216 Å². The molecule has 0 saturated carbocycles. The predicted octanol–water partition coefficient (Wildman–Crippen LogP) is 4.17. The quantitative estimate of drug-likeness (QED) is 0.553. The van der Waals surface area contributed by atoms with E-state index >= 15 is 0 Å². The molecule has 0 aliphatic carbocycles. The van der Waals surface area contributed by atoms with Gasteiger partial charge in [0.25, 0.3) is 0 Å². The van der Waals surface area contributed by atoms with E-state index in [2.05, 4.69) is 29.2 Å². The molecule has 5 rings (SSSR count). The highest BCUT2D eigenvalue weighted by Crippen LogP contribution is 2.44. The lowest BCUT2D eigenvalue weighted by Crippen LogP contribution is -2.48. The molecule has 8 heteroatoms. The molecule has 2 aromatic rings. The molecule has 3 heterocycles. The third-order valence-electron chi connectivity index (χ3n) is 6.83. The maximum Gasteiger partial charge on any atom is 0.338 e. The predicted molar refractivity (Wildman–Crippen MR) is 142 cm³/mol. The first kappa shape index (κ1) is 24.3. The minimum Gasteiger partial charge on any atom is -0.466 e. The second kappa shape index (κ2) is 10.7. The number of piperazine rings is 1. The standard InChI is InChI=1S/C28H30N4O3S/c1-20-25(27(34)35-2)26(22-11-7-4-8-12-22)32-23(19-36-28(32)29-20)17-24(33)31-15-13-30(14-16-31)18-21-9-5-3-6-10-21/h3-12,19,26H,13-18H2,1-2H3. The molecule has 1 atom stereocenters. The number of hydrogen-bond acceptors (Lipinski definition) is 7. The van der Waals surface area contributed by atoms with Gasteiger partial charge in [0.15, 0.2) is 5.17 Å². The Balaban J connectivity index is 1.29. The Morgan fingerprint density at radius 1 is 1.00 bits per heavy atom. The van der Waals surface area contributed by atoms with Crippen molar-refractivity contribution in [2.24, 2.45) is 4.99 Å². The molecule has 186 valence electrons. The molecule has 1 fully saturated rings. The summed E-state index contributed by atoms with van der Waals surface area (Å²) in [5.74, 6) is -0.304. The lowest BCUT2D eigenvalue weighted by atomic mass is 9.94. The van der Waals surface area contributed by atoms with Crippen LogP contribution in [0.15, 0.2) is 88.0 Å². The largest absolute Gasteiger partial charge is 0.466 e. The lowest BCUT2D eigenvalue weighted by Gasteiger charge is -2.38. The smallest absolute Gasteiger partial charge is 0.338 e. The summed E-state index contributed by atoms with van der Waals surface area (Å²) in [5, 5.41) is 2.77. The van der Waals surface area contributed by atoms with Gasteiger partial charge in [-0.3, -0.25) is 9.69 Å². The van der Waals surface area contributed by atoms with E-state index in [0.717, 1.165) is 36.1 Å². The van der Waals surface area contributed by atoms with Gasteiger partial charge in [0.2, 0.25) is 5.91 Å². The summed E-state index contributed by atoms with van der Waals surface area (Å²) < 4.78 is 5.13. The summed E-state index contributed by atoms with van der Waals surface area (Å²) >= 11 is 1.50. The van der Waals surface area contributed by atoms with Crippen LogP contribution in [-0.4, -0.2) is 65.0 Å². The van der Waals surface area contributed by atoms with Gasteiger partial charge < -0.3 is 14.5 Å². The monoisotopic (exact) mass is 502 g/mol. The molecule has 0 radical (unpaired) electrons. The molecule has 7 nitrogen and oxygen atoms in total. The van der Waals surface area contributed by atoms with E-state index in [1.807, 2.05) is 58.5 Å². The number of rotatable bonds is 6. The Morgan fingerprint density at radius 2 is 1.67 bits per heavy atom. The summed E-state index contributed by atoms with van der Waals surface area (Å²) in [5.41, 5.74) is 4.25. The molecule has 0 bridgehead atoms. The number of amides is 1. The number of thioether (sulfide) groups is 1. The molecule has 0 spiro atoms. The number of carbonyl (C=O) groups is 2. The highest BCUT2D eigenvalue weighted by Gasteiger charge is 2.41. The first-order chi connectivity index (χ1) is 17.5. The zero-order chi connectivity index (χ0) is 25.1. The number of aliphatic imine (C=N–C) groups is 1. The van der Waals surface area contributed by atoms with Crippen LogP contribution in [0, 0.1) is 0 Å². The van der Waals surface area contributed by atoms with Gasteiger partial charge in [-0.15, -0.1) is 0 Å². The molecule has 3 aliphatic rings. The van der Waals surface area contributed by atoms with E-state index < -0.39 is 5.97 Å². The summed E-state index contributed by atoms with van der Waals surface area (Å²) in [6.45, 7) is 5.87. The first-order valence-corrected chi connectivity index (χ1v) is 13.0. The summed E-state index contributed by atoms with van der Waals surface area (Å²) in [4.78, 5) is 37.2. The highest BCUT2D eigenvalue weighted by molar-refractivity contribution is 8.16. The van der Waals surface area contributed by atoms with Crippen molar-refractivity contribution < 1.29 is 14.3 Å². The number of methoxy groups -OCH3 is 1. The van der Waals surface area contributed by atoms with Crippen molar-refractivity contribution in [2.75, 3.05) is 33.3 Å². The minimum absolute atomic E-state index is 0.0974. The van der Waals surface area contributed by atoms with Gasteiger partial charge in [-0.25, -0.2) is 9.79 Å². The van der Waals surface area contributed by atoms with E-state index in [1.165, 1.54) is 24.4 Å². The van der Waals surface area contributed by atoms with Crippen LogP contribution in [-0.2, 0) is 20.9 Å². The SMILES string of the molecule is COC(=O)C1=C(C)N=C2SC=C(CC(=O)N3CCN(Cc4ccccc4)CC3)N2C1c1ccccc1. The van der Waals surface area contributed by atoms with Gasteiger partial charge in [-0.05, 0) is 23.5 Å². The summed E-state index contributed by atoms with van der Waals surface area (Å²) in [7, 11) is 1.39. The molecular formula is C28H30N4O3S. The molecule has 1 saturated heterocycles. The van der Waals surface area contributed by atoms with E-state index in [1.54, 1.807) is 0 Å². The van der Waals surface area contributed by atoms with E-state index in [-0.39, 0.29) is 18.4 Å². The Bertz CT molecular complexity index is 1220. The number of fused-ring (bicyclic) bond motifs is 1. The van der Waals surface area contributed by atoms with Gasteiger partial charge in [-0.1, -0.05) is 72.4 Å². The van der Waals surface area contributed by atoms with Crippen LogP contribution in [0.5, 0.6) is 0 Å². The van der Waals surface area contributed by atoms with Crippen molar-refractivity contribution in [2.45, 2.75) is 25.9 Å². The van der Waals surface area contributed by atoms with Crippen molar-refractivity contribution in [3.63, 3.8) is 0 Å². The van der Waals surface area contributed by atoms with Gasteiger partial charge in [0.1, 0.15) is 0 Å². The molecule has 1 unspecified atom stereocenters. The van der Waals surface area contributed by atoms with E-state index in [0.29, 0.717) is 24.4 Å². The van der Waals surface area contributed by atoms with Crippen molar-refractivity contribution in [3.05, 3.63) is 94.2 Å². The topological polar surface area (TPSA) is 65.5 Å². The van der Waals surface area contributed by atoms with Gasteiger partial charge in [0.05, 0.1) is 30.8 Å². The van der Waals surface area contributed by atoms with E-state index in [4.69, 9.17) is 9.73 Å². The third-order valence-corrected chi connectivity index (χ3v) is 7.72. The Kier molecular flexibility index (Phi) is 7.25. The second-order valence-electron chi connectivity index (χ2n) is 9.11. The van der Waals surface area contributed by atoms with Crippen LogP contribution in [0.1, 0.15) is 30.5 Å². The van der Waals surface area contributed by atoms with Gasteiger partial charge in [0, 0.05) is 38.4 Å². The van der Waals surface area contributed by atoms with Gasteiger partial charge >= 0.3 is 5.97 Å². The van der Waals surface area contributed by atoms with Crippen molar-refractivity contribution in [1.29, 1.82) is 0 Å². The number of carbonyl (C=O) groups excluding carboxylic acids is 2. The number of nitrogens with zero attached hydrogens (tertiary/aromatic N) is 4. The normalized spacial score (nSPS) is 20.1. The highest BCUT2D eigenvalue weighted by atomic mass is 32.2. The lowest BCUT2D eigenvalue weighted by molar-refractivity contribution is -0.136. The molecular weight excluding hydrogens is 472 g/mol. The van der Waals surface area contributed by atoms with Crippen molar-refractivity contribution in [3.8, 4) is 0 Å². The third kappa shape index (κ3) is 4.96. The number of allylic oxidation sites excluding steroid dienone is 1. The maximum absolute atomic E-state index is 13.4. The van der Waals surface area contributed by atoms with Crippen LogP contribution in [0.25, 0.3) is 0 Å². The molecule has 2 aromatic carbocycles. The molecule has 0 aromatic heterocycles. The van der Waals surface area contributed by atoms with E-state index in [9.17, 15) is 9.59 Å². The fraction of sp³-hybridized carbons (Fsp3) is 0.321. The Hall–Kier alpha value is -3.36. The maximum atomic E-state index is 13.4. The average molecular weight is 503 g/mol. The second-order valence-corrected chi connectivity index (χ2v) is 9.95. The number of ether oxygens (including phenoxy) is 1. The fourth-order valence-corrected chi connectivity index (χ4v) is 5.92. The zero-order valence-corrected chi connectivity index (χ0v) is 21.4. The summed E-state index contributed by atoms with van der Waals surface area (Å²) in [6.07, 6.45) is 0.265. The van der Waals surface area contributed by atoms with Crippen LogP contribution >= 0.6 is 11.8 Å². The fourth-order valence-electron chi connectivity index (χ4n) is 4.96. The molecule has 0 N–H and O–H groups in total. The van der Waals surface area contributed by atoms with Crippen molar-refractivity contribution >= 4 is 28.8 Å². The molecule has 1 amide bonds. The number of hydrogen-bond donors (Lipinski definition) is 0. The van der Waals surface area contributed by atoms with Crippen molar-refractivity contribution in [1.82, 2.24) is 14.7 Å². The van der Waals surface area contributed by atoms with Crippen LogP contribution < -0.4 is 0 Å². The summed E-state index contributed by atoms with van der Waals surface area (Å²) in [6, 6.07) is 19.9. The first-order valence-electron chi connectivity index (χ1n) is 12.2. The van der Waals surface area contributed by atoms with Crippen LogP contribution in [0.3, 0.4) is 0 Å². The minimum atomic E-state index is -0.402. The number of esters is 1. The average Bonchev–Trinajstić information content (AvgIpc) is 3.30. The Morgan fingerprint density at radius 3 is 2.33 bits per heavy atom. The molecule has 36 heavy (non-hydrogen) atoms. The molecule has 3 aliphatic heterocycles. The zero-order valence-electron chi connectivity index (χ0n) is 20.6. The van der Waals surface area contributed by atoms with Gasteiger partial charge in [-0.2, -0.15) is 0 Å². The number of benzene rings is 2. The van der Waals surface area contributed by atoms with Crippen LogP contribution in [0.4, 0.5) is 0 Å². The van der Waals surface area contributed by atoms with Crippen LogP contribution in [0.2, 0.25) is 0 Å².